The third-order valence-corrected chi connectivity index (χ3v) is 6.89. The lowest BCUT2D eigenvalue weighted by molar-refractivity contribution is 0.0765. The van der Waals surface area contributed by atoms with Crippen LogP contribution < -0.4 is 0 Å². The Morgan fingerprint density at radius 2 is 1.66 bits per heavy atom. The molecule has 154 valence electrons. The van der Waals surface area contributed by atoms with Gasteiger partial charge in [-0.25, -0.2) is 8.42 Å². The van der Waals surface area contributed by atoms with Crippen molar-refractivity contribution in [3.05, 3.63) is 64.7 Å². The molecule has 0 N–H and O–H groups in total. The van der Waals surface area contributed by atoms with Crippen molar-refractivity contribution in [3.63, 3.8) is 0 Å². The molecule has 0 aliphatic rings. The van der Waals surface area contributed by atoms with Crippen LogP contribution in [0.2, 0.25) is 0 Å². The van der Waals surface area contributed by atoms with E-state index in [1.54, 1.807) is 37.8 Å². The number of nitrogens with zero attached hydrogens (tertiary/aromatic N) is 2. The number of carbonyl (C=O) groups excluding carboxylic acids is 1. The molecule has 0 spiro atoms. The molecule has 0 aromatic heterocycles. The molecule has 0 unspecified atom stereocenters. The largest absolute Gasteiger partial charge is 0.323 e. The first-order valence-electron chi connectivity index (χ1n) is 9.63. The highest BCUT2D eigenvalue weighted by molar-refractivity contribution is 7.89. The number of sulfonamides is 1. The van der Waals surface area contributed by atoms with Crippen molar-refractivity contribution >= 4 is 15.9 Å². The van der Waals surface area contributed by atoms with Gasteiger partial charge in [0.15, 0.2) is 0 Å². The highest BCUT2D eigenvalue weighted by atomic mass is 32.2. The second kappa shape index (κ2) is 9.73. The maximum absolute atomic E-state index is 13.2. The van der Waals surface area contributed by atoms with Crippen LogP contribution in [0.4, 0.5) is 0 Å². The summed E-state index contributed by atoms with van der Waals surface area (Å²) >= 11 is 0. The molecule has 5 nitrogen and oxygen atoms in total. The van der Waals surface area contributed by atoms with Gasteiger partial charge in [-0.1, -0.05) is 55.7 Å². The summed E-state index contributed by atoms with van der Waals surface area (Å²) in [6, 6.07) is 12.6. The van der Waals surface area contributed by atoms with E-state index in [9.17, 15) is 13.2 Å². The Kier molecular flexibility index (Phi) is 7.60. The zero-order valence-corrected chi connectivity index (χ0v) is 18.3. The van der Waals surface area contributed by atoms with Gasteiger partial charge in [-0.15, -0.1) is 6.42 Å². The van der Waals surface area contributed by atoms with Crippen LogP contribution in [-0.2, 0) is 16.6 Å². The summed E-state index contributed by atoms with van der Waals surface area (Å²) in [5.74, 6) is 2.25. The molecule has 2 aromatic rings. The molecule has 0 saturated carbocycles. The molecule has 2 aromatic carbocycles. The molecule has 1 amide bonds. The van der Waals surface area contributed by atoms with E-state index in [1.165, 1.54) is 10.4 Å². The van der Waals surface area contributed by atoms with Gasteiger partial charge in [0.2, 0.25) is 10.0 Å². The highest BCUT2D eigenvalue weighted by Gasteiger charge is 2.25. The summed E-state index contributed by atoms with van der Waals surface area (Å²) in [4.78, 5) is 14.9. The van der Waals surface area contributed by atoms with E-state index in [0.717, 1.165) is 11.1 Å². The summed E-state index contributed by atoms with van der Waals surface area (Å²) < 4.78 is 27.1. The number of terminal acetylenes is 1. The molecule has 0 fully saturated rings. The molecule has 0 radical (unpaired) electrons. The van der Waals surface area contributed by atoms with Gasteiger partial charge in [-0.2, -0.15) is 4.31 Å². The second-order valence-electron chi connectivity index (χ2n) is 6.92. The zero-order valence-electron chi connectivity index (χ0n) is 17.5. The SMILES string of the molecule is C#CCN(Cc1ccc(C)cc1)C(=O)c1cc(S(=O)(=O)N(CC)CC)ccc1C. The van der Waals surface area contributed by atoms with Gasteiger partial charge in [0.25, 0.3) is 5.91 Å². The Hall–Kier alpha value is -2.62. The van der Waals surface area contributed by atoms with Crippen molar-refractivity contribution in [2.24, 2.45) is 0 Å². The van der Waals surface area contributed by atoms with Gasteiger partial charge in [0.05, 0.1) is 11.4 Å². The Labute approximate surface area is 174 Å². The average Bonchev–Trinajstić information content (AvgIpc) is 2.69. The van der Waals surface area contributed by atoms with Gasteiger partial charge in [-0.05, 0) is 37.1 Å². The van der Waals surface area contributed by atoms with Crippen molar-refractivity contribution < 1.29 is 13.2 Å². The predicted molar refractivity (Wildman–Crippen MR) is 116 cm³/mol. The number of benzene rings is 2. The Balaban J connectivity index is 2.41. The monoisotopic (exact) mass is 412 g/mol. The second-order valence-corrected chi connectivity index (χ2v) is 8.85. The minimum atomic E-state index is -3.65. The average molecular weight is 413 g/mol. The van der Waals surface area contributed by atoms with E-state index in [-0.39, 0.29) is 17.3 Å². The molecule has 0 aliphatic carbocycles. The quantitative estimate of drug-likeness (QED) is 0.623. The van der Waals surface area contributed by atoms with Gasteiger partial charge in [0.1, 0.15) is 0 Å². The minimum Gasteiger partial charge on any atom is -0.323 e. The van der Waals surface area contributed by atoms with Gasteiger partial charge in [0, 0.05) is 25.2 Å². The molecule has 0 heterocycles. The van der Waals surface area contributed by atoms with Crippen LogP contribution in [0.15, 0.2) is 47.4 Å². The molecular weight excluding hydrogens is 384 g/mol. The number of hydrogen-bond acceptors (Lipinski definition) is 3. The lowest BCUT2D eigenvalue weighted by Gasteiger charge is -2.23. The first-order valence-corrected chi connectivity index (χ1v) is 11.1. The fourth-order valence-electron chi connectivity index (χ4n) is 3.10. The lowest BCUT2D eigenvalue weighted by Crippen LogP contribution is -2.33. The first kappa shape index (κ1) is 22.7. The molecule has 0 atom stereocenters. The van der Waals surface area contributed by atoms with Gasteiger partial charge < -0.3 is 4.90 Å². The van der Waals surface area contributed by atoms with Crippen LogP contribution in [-0.4, -0.2) is 43.2 Å². The fraction of sp³-hybridized carbons (Fsp3) is 0.348. The smallest absolute Gasteiger partial charge is 0.255 e. The Morgan fingerprint density at radius 1 is 1.03 bits per heavy atom. The van der Waals surface area contributed by atoms with Crippen LogP contribution in [0, 0.1) is 26.2 Å². The zero-order chi connectivity index (χ0) is 21.6. The van der Waals surface area contributed by atoms with Crippen molar-refractivity contribution in [1.29, 1.82) is 0 Å². The summed E-state index contributed by atoms with van der Waals surface area (Å²) in [5.41, 5.74) is 3.15. The standard InChI is InChI=1S/C23H28N2O3S/c1-6-15-24(17-20-12-9-18(4)10-13-20)23(26)22-16-21(14-11-19(22)5)29(27,28)25(7-2)8-3/h1,9-14,16H,7-8,15,17H2,2-5H3. The maximum atomic E-state index is 13.2. The number of aryl methyl sites for hydroxylation is 2. The normalized spacial score (nSPS) is 11.3. The third kappa shape index (κ3) is 5.26. The van der Waals surface area contributed by atoms with Crippen molar-refractivity contribution in [2.75, 3.05) is 19.6 Å². The molecule has 2 rings (SSSR count). The maximum Gasteiger partial charge on any atom is 0.255 e. The van der Waals surface area contributed by atoms with E-state index in [1.807, 2.05) is 31.2 Å². The number of rotatable bonds is 8. The van der Waals surface area contributed by atoms with E-state index in [2.05, 4.69) is 5.92 Å². The molecule has 0 saturated heterocycles. The Bertz CT molecular complexity index is 1000. The van der Waals surface area contributed by atoms with Gasteiger partial charge >= 0.3 is 0 Å². The van der Waals surface area contributed by atoms with Crippen LogP contribution in [0.3, 0.4) is 0 Å². The molecular formula is C23H28N2O3S. The summed E-state index contributed by atoms with van der Waals surface area (Å²) in [6.07, 6.45) is 5.49. The van der Waals surface area contributed by atoms with Gasteiger partial charge in [-0.3, -0.25) is 4.79 Å². The van der Waals surface area contributed by atoms with Crippen LogP contribution in [0.25, 0.3) is 0 Å². The van der Waals surface area contributed by atoms with E-state index >= 15 is 0 Å². The van der Waals surface area contributed by atoms with E-state index in [0.29, 0.717) is 30.8 Å². The predicted octanol–water partition coefficient (Wildman–Crippen LogP) is 3.61. The number of carbonyl (C=O) groups is 1. The topological polar surface area (TPSA) is 57.7 Å². The first-order chi connectivity index (χ1) is 13.7. The molecule has 6 heteroatoms. The molecule has 0 bridgehead atoms. The summed E-state index contributed by atoms with van der Waals surface area (Å²) in [7, 11) is -3.65. The number of hydrogen-bond donors (Lipinski definition) is 0. The van der Waals surface area contributed by atoms with Crippen LogP contribution in [0.1, 0.15) is 40.9 Å². The third-order valence-electron chi connectivity index (χ3n) is 4.85. The van der Waals surface area contributed by atoms with Crippen LogP contribution >= 0.6 is 0 Å². The molecule has 29 heavy (non-hydrogen) atoms. The fourth-order valence-corrected chi connectivity index (χ4v) is 4.58. The molecule has 0 aliphatic heterocycles. The highest BCUT2D eigenvalue weighted by Crippen LogP contribution is 2.21. The Morgan fingerprint density at radius 3 is 2.21 bits per heavy atom. The van der Waals surface area contributed by atoms with Crippen molar-refractivity contribution in [1.82, 2.24) is 9.21 Å². The van der Waals surface area contributed by atoms with Crippen molar-refractivity contribution in [3.8, 4) is 12.3 Å². The summed E-state index contributed by atoms with van der Waals surface area (Å²) in [6.45, 7) is 8.60. The minimum absolute atomic E-state index is 0.117. The lowest BCUT2D eigenvalue weighted by atomic mass is 10.1. The van der Waals surface area contributed by atoms with Crippen molar-refractivity contribution in [2.45, 2.75) is 39.1 Å². The van der Waals surface area contributed by atoms with E-state index in [4.69, 9.17) is 6.42 Å². The number of amides is 1. The summed E-state index contributed by atoms with van der Waals surface area (Å²) in [5, 5.41) is 0. The van der Waals surface area contributed by atoms with Crippen LogP contribution in [0.5, 0.6) is 0 Å². The van der Waals surface area contributed by atoms with E-state index < -0.39 is 10.0 Å².